The van der Waals surface area contributed by atoms with E-state index in [-0.39, 0.29) is 5.56 Å². The summed E-state index contributed by atoms with van der Waals surface area (Å²) in [4.78, 5) is 14.5. The Kier molecular flexibility index (Phi) is 1.73. The first-order valence-electron chi connectivity index (χ1n) is 3.44. The van der Waals surface area contributed by atoms with Crippen molar-refractivity contribution in [3.8, 4) is 0 Å². The van der Waals surface area contributed by atoms with Gasteiger partial charge in [0.05, 0.1) is 21.3 Å². The Labute approximate surface area is 76.5 Å². The molecule has 0 radical (unpaired) electrons. The number of halogens is 1. The maximum Gasteiger partial charge on any atom is 0.337 e. The van der Waals surface area contributed by atoms with Crippen molar-refractivity contribution in [3.05, 3.63) is 29.0 Å². The van der Waals surface area contributed by atoms with Gasteiger partial charge >= 0.3 is 5.97 Å². The molecule has 2 rings (SSSR count). The van der Waals surface area contributed by atoms with E-state index in [1.165, 1.54) is 22.9 Å². The van der Waals surface area contributed by atoms with Crippen molar-refractivity contribution in [2.75, 3.05) is 0 Å². The van der Waals surface area contributed by atoms with Crippen LogP contribution in [0.2, 0.25) is 0 Å². The minimum absolute atomic E-state index is 0.0301. The molecule has 0 fully saturated rings. The average molecular weight is 197 g/mol. The minimum atomic E-state index is -1.13. The first-order valence-corrected chi connectivity index (χ1v) is 4.32. The van der Waals surface area contributed by atoms with E-state index in [0.29, 0.717) is 10.2 Å². The van der Waals surface area contributed by atoms with Gasteiger partial charge in [-0.15, -0.1) is 11.3 Å². The third-order valence-corrected chi connectivity index (χ3v) is 2.50. The van der Waals surface area contributed by atoms with Gasteiger partial charge in [0.1, 0.15) is 5.82 Å². The number of benzene rings is 1. The molecule has 0 atom stereocenters. The standard InChI is InChI=1S/C8H4FNO2S/c9-4-1-5(8(11)12)7-6(2-4)10-3-13-7/h1-3H,(H,11,12). The van der Waals surface area contributed by atoms with E-state index in [1.54, 1.807) is 0 Å². The van der Waals surface area contributed by atoms with Gasteiger partial charge in [-0.3, -0.25) is 0 Å². The van der Waals surface area contributed by atoms with E-state index in [4.69, 9.17) is 5.11 Å². The quantitative estimate of drug-likeness (QED) is 0.761. The second-order valence-electron chi connectivity index (χ2n) is 2.46. The molecule has 0 bridgehead atoms. The Morgan fingerprint density at radius 3 is 3.00 bits per heavy atom. The molecule has 0 amide bonds. The number of carboxylic acids is 1. The van der Waals surface area contributed by atoms with Gasteiger partial charge in [-0.05, 0) is 6.07 Å². The Morgan fingerprint density at radius 1 is 1.54 bits per heavy atom. The van der Waals surface area contributed by atoms with Gasteiger partial charge in [-0.2, -0.15) is 0 Å². The van der Waals surface area contributed by atoms with Crippen LogP contribution in [0.25, 0.3) is 10.2 Å². The fourth-order valence-corrected chi connectivity index (χ4v) is 1.87. The molecule has 0 aliphatic heterocycles. The minimum Gasteiger partial charge on any atom is -0.478 e. The number of rotatable bonds is 1. The summed E-state index contributed by atoms with van der Waals surface area (Å²) in [5.41, 5.74) is 1.86. The molecule has 0 aliphatic rings. The van der Waals surface area contributed by atoms with Crippen LogP contribution in [-0.2, 0) is 0 Å². The summed E-state index contributed by atoms with van der Waals surface area (Å²) in [5.74, 6) is -1.70. The van der Waals surface area contributed by atoms with Gasteiger partial charge in [0, 0.05) is 6.07 Å². The summed E-state index contributed by atoms with van der Waals surface area (Å²) in [6, 6.07) is 2.22. The summed E-state index contributed by atoms with van der Waals surface area (Å²) in [7, 11) is 0. The average Bonchev–Trinajstić information content (AvgIpc) is 2.49. The highest BCUT2D eigenvalue weighted by Crippen LogP contribution is 2.23. The lowest BCUT2D eigenvalue weighted by molar-refractivity contribution is 0.0698. The van der Waals surface area contributed by atoms with Crippen molar-refractivity contribution < 1.29 is 14.3 Å². The van der Waals surface area contributed by atoms with Crippen LogP contribution in [0.3, 0.4) is 0 Å². The molecular weight excluding hydrogens is 193 g/mol. The van der Waals surface area contributed by atoms with Crippen molar-refractivity contribution in [2.24, 2.45) is 0 Å². The van der Waals surface area contributed by atoms with Crippen LogP contribution < -0.4 is 0 Å². The molecule has 66 valence electrons. The maximum absolute atomic E-state index is 12.8. The van der Waals surface area contributed by atoms with Gasteiger partial charge < -0.3 is 5.11 Å². The number of nitrogens with zero attached hydrogens (tertiary/aromatic N) is 1. The van der Waals surface area contributed by atoms with Crippen molar-refractivity contribution in [3.63, 3.8) is 0 Å². The van der Waals surface area contributed by atoms with Crippen LogP contribution in [0, 0.1) is 5.82 Å². The molecule has 0 saturated heterocycles. The summed E-state index contributed by atoms with van der Waals surface area (Å²) in [6.07, 6.45) is 0. The molecule has 0 aliphatic carbocycles. The molecule has 2 aromatic rings. The fraction of sp³-hybridized carbons (Fsp3) is 0. The summed E-state index contributed by atoms with van der Waals surface area (Å²) in [5, 5.41) is 8.74. The second kappa shape index (κ2) is 2.77. The highest BCUT2D eigenvalue weighted by molar-refractivity contribution is 7.17. The molecule has 5 heteroatoms. The van der Waals surface area contributed by atoms with Crippen molar-refractivity contribution >= 4 is 27.5 Å². The Morgan fingerprint density at radius 2 is 2.31 bits per heavy atom. The van der Waals surface area contributed by atoms with Gasteiger partial charge in [-0.1, -0.05) is 0 Å². The number of hydrogen-bond acceptors (Lipinski definition) is 3. The zero-order chi connectivity index (χ0) is 9.42. The van der Waals surface area contributed by atoms with E-state index >= 15 is 0 Å². The first kappa shape index (κ1) is 8.12. The molecule has 1 N–H and O–H groups in total. The molecule has 1 aromatic heterocycles. The van der Waals surface area contributed by atoms with E-state index < -0.39 is 11.8 Å². The van der Waals surface area contributed by atoms with Gasteiger partial charge in [0.15, 0.2) is 0 Å². The number of thiazole rings is 1. The maximum atomic E-state index is 12.8. The molecule has 13 heavy (non-hydrogen) atoms. The number of aromatic carboxylic acids is 1. The van der Waals surface area contributed by atoms with Crippen molar-refractivity contribution in [2.45, 2.75) is 0 Å². The van der Waals surface area contributed by atoms with Crippen LogP contribution in [0.5, 0.6) is 0 Å². The Balaban J connectivity index is 2.84. The molecule has 0 spiro atoms. The smallest absolute Gasteiger partial charge is 0.337 e. The lowest BCUT2D eigenvalue weighted by atomic mass is 10.2. The molecule has 0 saturated carbocycles. The zero-order valence-corrected chi connectivity index (χ0v) is 7.14. The molecule has 0 unspecified atom stereocenters. The van der Waals surface area contributed by atoms with Crippen LogP contribution in [0.1, 0.15) is 10.4 Å². The SMILES string of the molecule is O=C(O)c1cc(F)cc2ncsc12. The summed E-state index contributed by atoms with van der Waals surface area (Å²) >= 11 is 1.19. The van der Waals surface area contributed by atoms with Crippen LogP contribution in [0.4, 0.5) is 4.39 Å². The van der Waals surface area contributed by atoms with Crippen molar-refractivity contribution in [1.82, 2.24) is 4.98 Å². The third-order valence-electron chi connectivity index (χ3n) is 1.63. The number of fused-ring (bicyclic) bond motifs is 1. The number of aromatic nitrogens is 1. The number of carbonyl (C=O) groups is 1. The lowest BCUT2D eigenvalue weighted by Crippen LogP contribution is -1.97. The van der Waals surface area contributed by atoms with Crippen LogP contribution in [0.15, 0.2) is 17.6 Å². The Bertz CT molecular complexity index is 480. The number of hydrogen-bond donors (Lipinski definition) is 1. The molecule has 1 heterocycles. The van der Waals surface area contributed by atoms with E-state index in [9.17, 15) is 9.18 Å². The summed E-state index contributed by atoms with van der Waals surface area (Å²) < 4.78 is 13.3. The lowest BCUT2D eigenvalue weighted by Gasteiger charge is -1.95. The highest BCUT2D eigenvalue weighted by Gasteiger charge is 2.12. The van der Waals surface area contributed by atoms with E-state index in [1.807, 2.05) is 0 Å². The zero-order valence-electron chi connectivity index (χ0n) is 6.32. The van der Waals surface area contributed by atoms with E-state index in [2.05, 4.69) is 4.98 Å². The van der Waals surface area contributed by atoms with Gasteiger partial charge in [-0.25, -0.2) is 14.2 Å². The molecular formula is C8H4FNO2S. The van der Waals surface area contributed by atoms with Crippen molar-refractivity contribution in [1.29, 1.82) is 0 Å². The monoisotopic (exact) mass is 197 g/mol. The largest absolute Gasteiger partial charge is 0.478 e. The molecule has 3 nitrogen and oxygen atoms in total. The second-order valence-corrected chi connectivity index (χ2v) is 3.31. The van der Waals surface area contributed by atoms with Gasteiger partial charge in [0.25, 0.3) is 0 Å². The normalized spacial score (nSPS) is 10.5. The predicted octanol–water partition coefficient (Wildman–Crippen LogP) is 2.13. The number of carboxylic acid groups (broad SMARTS) is 1. The predicted molar refractivity (Wildman–Crippen MR) is 46.5 cm³/mol. The highest BCUT2D eigenvalue weighted by atomic mass is 32.1. The topological polar surface area (TPSA) is 50.2 Å². The third kappa shape index (κ3) is 1.27. The van der Waals surface area contributed by atoms with Gasteiger partial charge in [0.2, 0.25) is 0 Å². The summed E-state index contributed by atoms with van der Waals surface area (Å²) in [6.45, 7) is 0. The van der Waals surface area contributed by atoms with Crippen LogP contribution in [-0.4, -0.2) is 16.1 Å². The Hall–Kier alpha value is -1.49. The van der Waals surface area contributed by atoms with Crippen LogP contribution >= 0.6 is 11.3 Å². The first-order chi connectivity index (χ1) is 6.18. The van der Waals surface area contributed by atoms with E-state index in [0.717, 1.165) is 6.07 Å². The fourth-order valence-electron chi connectivity index (χ4n) is 1.09. The molecule has 1 aromatic carbocycles.